The molecule has 1 rings (SSSR count). The van der Waals surface area contributed by atoms with E-state index in [0.717, 1.165) is 24.6 Å². The summed E-state index contributed by atoms with van der Waals surface area (Å²) in [5, 5.41) is 7.18. The maximum atomic E-state index is 5.29. The summed E-state index contributed by atoms with van der Waals surface area (Å²) in [7, 11) is 1.94. The van der Waals surface area contributed by atoms with Gasteiger partial charge in [-0.1, -0.05) is 32.9 Å². The van der Waals surface area contributed by atoms with Crippen LogP contribution in [-0.2, 0) is 12.8 Å². The molecule has 0 saturated carbocycles. The van der Waals surface area contributed by atoms with E-state index in [-0.39, 0.29) is 17.8 Å². The van der Waals surface area contributed by atoms with E-state index in [1.807, 2.05) is 7.05 Å². The highest BCUT2D eigenvalue weighted by Gasteiger charge is 2.22. The van der Waals surface area contributed by atoms with Gasteiger partial charge in [-0.3, -0.25) is 0 Å². The number of halogens is 1. The first-order chi connectivity index (χ1) is 7.82. The maximum Gasteiger partial charge on any atom is 0.226 e. The quantitative estimate of drug-likeness (QED) is 0.898. The van der Waals surface area contributed by atoms with Gasteiger partial charge in [-0.2, -0.15) is 4.98 Å². The van der Waals surface area contributed by atoms with E-state index in [4.69, 9.17) is 4.52 Å². The minimum absolute atomic E-state index is 0. The zero-order chi connectivity index (χ0) is 13.1. The van der Waals surface area contributed by atoms with Gasteiger partial charge in [0.25, 0.3) is 0 Å². The Labute approximate surface area is 116 Å². The second-order valence-electron chi connectivity index (χ2n) is 5.97. The summed E-state index contributed by atoms with van der Waals surface area (Å²) in [4.78, 5) is 4.43. The predicted octanol–water partition coefficient (Wildman–Crippen LogP) is 2.87. The molecule has 1 aromatic heterocycles. The van der Waals surface area contributed by atoms with Gasteiger partial charge in [-0.25, -0.2) is 0 Å². The summed E-state index contributed by atoms with van der Waals surface area (Å²) in [6.07, 6.45) is 1.66. The van der Waals surface area contributed by atoms with Crippen molar-refractivity contribution in [3.8, 4) is 0 Å². The minimum atomic E-state index is 0. The monoisotopic (exact) mass is 275 g/mol. The van der Waals surface area contributed by atoms with Crippen LogP contribution in [0.5, 0.6) is 0 Å². The first kappa shape index (κ1) is 17.4. The van der Waals surface area contributed by atoms with E-state index in [9.17, 15) is 0 Å². The highest BCUT2D eigenvalue weighted by atomic mass is 35.5. The maximum absolute atomic E-state index is 5.29. The number of likely N-dealkylation sites (N-methyl/N-ethyl adjacent to an activating group) is 1. The molecule has 1 aromatic rings. The fraction of sp³-hybridized carbons (Fsp3) is 0.846. The molecule has 1 heterocycles. The standard InChI is InChI=1S/C13H25N3O.ClH/c1-9(13(3,4)5)7-12-15-11(16-17-12)8-10(2)14-6;/h9-10,14H,7-8H2,1-6H3;1H. The molecule has 0 spiro atoms. The average molecular weight is 276 g/mol. The van der Waals surface area contributed by atoms with E-state index in [2.05, 4.69) is 50.1 Å². The molecule has 5 heteroatoms. The van der Waals surface area contributed by atoms with Crippen LogP contribution in [0.15, 0.2) is 4.52 Å². The van der Waals surface area contributed by atoms with Crippen LogP contribution in [0, 0.1) is 11.3 Å². The van der Waals surface area contributed by atoms with E-state index in [1.54, 1.807) is 0 Å². The molecule has 0 aliphatic heterocycles. The van der Waals surface area contributed by atoms with Crippen LogP contribution in [0.1, 0.15) is 46.3 Å². The van der Waals surface area contributed by atoms with Crippen LogP contribution in [0.4, 0.5) is 0 Å². The zero-order valence-electron chi connectivity index (χ0n) is 12.3. The van der Waals surface area contributed by atoms with Crippen molar-refractivity contribution in [3.05, 3.63) is 11.7 Å². The van der Waals surface area contributed by atoms with Crippen molar-refractivity contribution in [2.75, 3.05) is 7.05 Å². The number of nitrogens with one attached hydrogen (secondary N) is 1. The van der Waals surface area contributed by atoms with Crippen LogP contribution < -0.4 is 5.32 Å². The Morgan fingerprint density at radius 3 is 2.33 bits per heavy atom. The summed E-state index contributed by atoms with van der Waals surface area (Å²) >= 11 is 0. The van der Waals surface area contributed by atoms with Gasteiger partial charge in [0, 0.05) is 18.9 Å². The predicted molar refractivity (Wildman–Crippen MR) is 76.1 cm³/mol. The second kappa shape index (κ2) is 7.10. The molecule has 2 atom stereocenters. The molecular weight excluding hydrogens is 250 g/mol. The van der Waals surface area contributed by atoms with Crippen molar-refractivity contribution in [2.24, 2.45) is 11.3 Å². The fourth-order valence-corrected chi connectivity index (χ4v) is 1.40. The van der Waals surface area contributed by atoms with Crippen molar-refractivity contribution in [1.82, 2.24) is 15.5 Å². The summed E-state index contributed by atoms with van der Waals surface area (Å²) in [5.41, 5.74) is 0.271. The van der Waals surface area contributed by atoms with E-state index in [0.29, 0.717) is 12.0 Å². The number of rotatable bonds is 5. The first-order valence-corrected chi connectivity index (χ1v) is 6.31. The van der Waals surface area contributed by atoms with Gasteiger partial charge in [-0.15, -0.1) is 12.4 Å². The Morgan fingerprint density at radius 2 is 1.83 bits per heavy atom. The van der Waals surface area contributed by atoms with Crippen LogP contribution in [-0.4, -0.2) is 23.2 Å². The number of nitrogens with zero attached hydrogens (tertiary/aromatic N) is 2. The van der Waals surface area contributed by atoms with Gasteiger partial charge in [0.15, 0.2) is 5.82 Å². The van der Waals surface area contributed by atoms with Gasteiger partial charge in [0.05, 0.1) is 0 Å². The topological polar surface area (TPSA) is 51.0 Å². The Kier molecular flexibility index (Phi) is 6.86. The zero-order valence-corrected chi connectivity index (χ0v) is 13.1. The molecule has 0 radical (unpaired) electrons. The lowest BCUT2D eigenvalue weighted by Gasteiger charge is -2.25. The molecule has 4 nitrogen and oxygen atoms in total. The third kappa shape index (κ3) is 5.36. The van der Waals surface area contributed by atoms with E-state index < -0.39 is 0 Å². The van der Waals surface area contributed by atoms with Crippen LogP contribution in [0.25, 0.3) is 0 Å². The van der Waals surface area contributed by atoms with Gasteiger partial charge >= 0.3 is 0 Å². The summed E-state index contributed by atoms with van der Waals surface area (Å²) < 4.78 is 5.29. The third-order valence-electron chi connectivity index (χ3n) is 3.45. The van der Waals surface area contributed by atoms with Crippen molar-refractivity contribution < 1.29 is 4.52 Å². The summed E-state index contributed by atoms with van der Waals surface area (Å²) in [6.45, 7) is 11.0. The molecule has 0 saturated heterocycles. The molecule has 1 N–H and O–H groups in total. The van der Waals surface area contributed by atoms with Crippen molar-refractivity contribution in [3.63, 3.8) is 0 Å². The number of aromatic nitrogens is 2. The molecule has 0 aliphatic rings. The Balaban J connectivity index is 0.00000289. The smallest absolute Gasteiger partial charge is 0.226 e. The lowest BCUT2D eigenvalue weighted by atomic mass is 9.80. The van der Waals surface area contributed by atoms with E-state index in [1.165, 1.54) is 0 Å². The van der Waals surface area contributed by atoms with Crippen LogP contribution in [0.2, 0.25) is 0 Å². The molecular formula is C13H26ClN3O. The van der Waals surface area contributed by atoms with E-state index >= 15 is 0 Å². The Hall–Kier alpha value is -0.610. The molecule has 0 fully saturated rings. The molecule has 0 aliphatic carbocycles. The Morgan fingerprint density at radius 1 is 1.22 bits per heavy atom. The molecule has 0 amide bonds. The normalized spacial score (nSPS) is 15.0. The lowest BCUT2D eigenvalue weighted by Crippen LogP contribution is -2.24. The van der Waals surface area contributed by atoms with Gasteiger partial charge < -0.3 is 9.84 Å². The van der Waals surface area contributed by atoms with Gasteiger partial charge in [0.2, 0.25) is 5.89 Å². The number of hydrogen-bond donors (Lipinski definition) is 1. The van der Waals surface area contributed by atoms with Crippen molar-refractivity contribution in [1.29, 1.82) is 0 Å². The van der Waals surface area contributed by atoms with Crippen LogP contribution in [0.3, 0.4) is 0 Å². The molecule has 0 bridgehead atoms. The highest BCUT2D eigenvalue weighted by Crippen LogP contribution is 2.27. The van der Waals surface area contributed by atoms with Crippen molar-refractivity contribution in [2.45, 2.75) is 53.5 Å². The molecule has 2 unspecified atom stereocenters. The summed E-state index contributed by atoms with van der Waals surface area (Å²) in [6, 6.07) is 0.375. The molecule has 106 valence electrons. The third-order valence-corrected chi connectivity index (χ3v) is 3.45. The molecule has 0 aromatic carbocycles. The SMILES string of the molecule is CNC(C)Cc1noc(CC(C)C(C)(C)C)n1.Cl. The second-order valence-corrected chi connectivity index (χ2v) is 5.97. The lowest BCUT2D eigenvalue weighted by molar-refractivity contribution is 0.236. The highest BCUT2D eigenvalue weighted by molar-refractivity contribution is 5.85. The molecule has 18 heavy (non-hydrogen) atoms. The largest absolute Gasteiger partial charge is 0.339 e. The van der Waals surface area contributed by atoms with Crippen LogP contribution >= 0.6 is 12.4 Å². The summed E-state index contributed by atoms with van der Waals surface area (Å²) in [5.74, 6) is 2.08. The van der Waals surface area contributed by atoms with Gasteiger partial charge in [0.1, 0.15) is 0 Å². The fourth-order valence-electron chi connectivity index (χ4n) is 1.40. The van der Waals surface area contributed by atoms with Gasteiger partial charge in [-0.05, 0) is 25.3 Å². The average Bonchev–Trinajstić information content (AvgIpc) is 2.64. The Bertz CT molecular complexity index is 346. The first-order valence-electron chi connectivity index (χ1n) is 6.31. The van der Waals surface area contributed by atoms with Crippen molar-refractivity contribution >= 4 is 12.4 Å². The number of hydrogen-bond acceptors (Lipinski definition) is 4. The minimum Gasteiger partial charge on any atom is -0.339 e.